The van der Waals surface area contributed by atoms with Gasteiger partial charge in [-0.3, -0.25) is 4.79 Å². The van der Waals surface area contributed by atoms with Crippen LogP contribution in [0.15, 0.2) is 35.7 Å². The third kappa shape index (κ3) is 3.76. The lowest BCUT2D eigenvalue weighted by Gasteiger charge is -2.22. The lowest BCUT2D eigenvalue weighted by molar-refractivity contribution is 0.0745. The fourth-order valence-corrected chi connectivity index (χ4v) is 3.02. The molecule has 0 saturated heterocycles. The van der Waals surface area contributed by atoms with Crippen molar-refractivity contribution in [3.05, 3.63) is 46.2 Å². The van der Waals surface area contributed by atoms with Crippen LogP contribution in [0.1, 0.15) is 28.6 Å². The largest absolute Gasteiger partial charge is 0.495 e. The Morgan fingerprint density at radius 3 is 2.86 bits per heavy atom. The molecule has 0 atom stereocenters. The molecule has 0 saturated carbocycles. The number of nitrogens with two attached hydrogens (primary N) is 1. The van der Waals surface area contributed by atoms with Gasteiger partial charge in [-0.1, -0.05) is 19.1 Å². The van der Waals surface area contributed by atoms with Crippen LogP contribution in [0.5, 0.6) is 5.75 Å². The van der Waals surface area contributed by atoms with Crippen LogP contribution < -0.4 is 10.5 Å². The van der Waals surface area contributed by atoms with Crippen molar-refractivity contribution < 1.29 is 9.53 Å². The molecule has 2 N–H and O–H groups in total. The number of hydrogen-bond donors (Lipinski definition) is 1. The van der Waals surface area contributed by atoms with Gasteiger partial charge in [-0.05, 0) is 35.6 Å². The molecule has 5 heteroatoms. The number of nitrogen functional groups attached to an aromatic ring is 1. The zero-order valence-corrected chi connectivity index (χ0v) is 13.2. The number of hydrogen-bond acceptors (Lipinski definition) is 4. The molecule has 1 heterocycles. The minimum absolute atomic E-state index is 0.00567. The first-order valence-electron chi connectivity index (χ1n) is 6.91. The summed E-state index contributed by atoms with van der Waals surface area (Å²) in [6.07, 6.45) is 0.905. The van der Waals surface area contributed by atoms with Crippen LogP contribution in [0.3, 0.4) is 0 Å². The van der Waals surface area contributed by atoms with Gasteiger partial charge < -0.3 is 15.4 Å². The van der Waals surface area contributed by atoms with Crippen molar-refractivity contribution in [1.82, 2.24) is 4.90 Å². The molecule has 112 valence electrons. The van der Waals surface area contributed by atoms with E-state index in [2.05, 4.69) is 6.92 Å². The normalized spacial score (nSPS) is 10.4. The van der Waals surface area contributed by atoms with Crippen molar-refractivity contribution >= 4 is 22.9 Å². The second kappa shape index (κ2) is 7.13. The highest BCUT2D eigenvalue weighted by Gasteiger charge is 2.20. The van der Waals surface area contributed by atoms with Gasteiger partial charge in [0.25, 0.3) is 5.91 Å². The summed E-state index contributed by atoms with van der Waals surface area (Å²) in [4.78, 5) is 15.2. The highest BCUT2D eigenvalue weighted by atomic mass is 32.1. The molecule has 1 amide bonds. The van der Waals surface area contributed by atoms with E-state index in [0.717, 1.165) is 12.0 Å². The summed E-state index contributed by atoms with van der Waals surface area (Å²) in [5.74, 6) is 0.643. The third-order valence-corrected chi connectivity index (χ3v) is 4.03. The van der Waals surface area contributed by atoms with Gasteiger partial charge in [0, 0.05) is 18.8 Å². The van der Waals surface area contributed by atoms with Crippen molar-refractivity contribution in [3.63, 3.8) is 0 Å². The first kappa shape index (κ1) is 15.4. The van der Waals surface area contributed by atoms with Crippen molar-refractivity contribution in [2.75, 3.05) is 19.4 Å². The summed E-state index contributed by atoms with van der Waals surface area (Å²) < 4.78 is 5.25. The Labute approximate surface area is 129 Å². The second-order valence-corrected chi connectivity index (χ2v) is 5.71. The monoisotopic (exact) mass is 304 g/mol. The topological polar surface area (TPSA) is 55.6 Å². The summed E-state index contributed by atoms with van der Waals surface area (Å²) in [7, 11) is 1.58. The lowest BCUT2D eigenvalue weighted by Crippen LogP contribution is -2.31. The van der Waals surface area contributed by atoms with Crippen molar-refractivity contribution in [2.24, 2.45) is 0 Å². The van der Waals surface area contributed by atoms with Gasteiger partial charge >= 0.3 is 0 Å². The Bertz CT molecular complexity index is 610. The molecule has 0 spiro atoms. The third-order valence-electron chi connectivity index (χ3n) is 3.15. The molecule has 21 heavy (non-hydrogen) atoms. The molecule has 0 aliphatic carbocycles. The highest BCUT2D eigenvalue weighted by Crippen LogP contribution is 2.26. The molecule has 0 unspecified atom stereocenters. The van der Waals surface area contributed by atoms with Crippen LogP contribution in [-0.4, -0.2) is 24.5 Å². The molecule has 4 nitrogen and oxygen atoms in total. The average molecular weight is 304 g/mol. The van der Waals surface area contributed by atoms with Crippen LogP contribution >= 0.6 is 11.3 Å². The first-order chi connectivity index (χ1) is 10.2. The van der Waals surface area contributed by atoms with Gasteiger partial charge in [-0.15, -0.1) is 11.3 Å². The van der Waals surface area contributed by atoms with E-state index in [1.54, 1.807) is 7.11 Å². The molecule has 2 aromatic rings. The minimum atomic E-state index is 0.00567. The maximum Gasteiger partial charge on any atom is 0.268 e. The Balaban J connectivity index is 2.20. The quantitative estimate of drug-likeness (QED) is 0.832. The van der Waals surface area contributed by atoms with Gasteiger partial charge in [0.15, 0.2) is 0 Å². The molecular formula is C16H20N2O2S. The summed E-state index contributed by atoms with van der Waals surface area (Å²) in [5, 5.41) is 1.87. The van der Waals surface area contributed by atoms with E-state index in [9.17, 15) is 4.79 Å². The summed E-state index contributed by atoms with van der Waals surface area (Å²) >= 11 is 1.41. The fourth-order valence-electron chi connectivity index (χ4n) is 2.19. The van der Waals surface area contributed by atoms with Gasteiger partial charge in [0.2, 0.25) is 0 Å². The Morgan fingerprint density at radius 2 is 2.19 bits per heavy atom. The molecule has 1 aromatic heterocycles. The van der Waals surface area contributed by atoms with Crippen LogP contribution in [0, 0.1) is 0 Å². The van der Waals surface area contributed by atoms with E-state index in [1.165, 1.54) is 11.3 Å². The predicted octanol–water partition coefficient (Wildman–Crippen LogP) is 3.39. The first-order valence-corrected chi connectivity index (χ1v) is 7.78. The van der Waals surface area contributed by atoms with Crippen LogP contribution in [0.25, 0.3) is 0 Å². The molecule has 0 bridgehead atoms. The number of carbonyl (C=O) groups is 1. The molecule has 0 fully saturated rings. The SMILES string of the molecule is CCCN(Cc1cccc(N)c1)C(=O)c1sccc1OC. The average Bonchev–Trinajstić information content (AvgIpc) is 2.94. The summed E-state index contributed by atoms with van der Waals surface area (Å²) in [6, 6.07) is 9.46. The van der Waals surface area contributed by atoms with Crippen molar-refractivity contribution in [3.8, 4) is 5.75 Å². The highest BCUT2D eigenvalue weighted by molar-refractivity contribution is 7.12. The van der Waals surface area contributed by atoms with Crippen LogP contribution in [0.2, 0.25) is 0 Å². The number of amides is 1. The van der Waals surface area contributed by atoms with Crippen molar-refractivity contribution in [2.45, 2.75) is 19.9 Å². The summed E-state index contributed by atoms with van der Waals surface area (Å²) in [5.41, 5.74) is 7.55. The zero-order chi connectivity index (χ0) is 15.2. The van der Waals surface area contributed by atoms with Crippen LogP contribution in [-0.2, 0) is 6.54 Å². The van der Waals surface area contributed by atoms with Crippen LogP contribution in [0.4, 0.5) is 5.69 Å². The molecular weight excluding hydrogens is 284 g/mol. The maximum absolute atomic E-state index is 12.7. The zero-order valence-electron chi connectivity index (χ0n) is 12.3. The standard InChI is InChI=1S/C16H20N2O2S/c1-3-8-18(11-12-5-4-6-13(17)10-12)16(19)15-14(20-2)7-9-21-15/h4-7,9-10H,3,8,11,17H2,1-2H3. The van der Waals surface area contributed by atoms with E-state index in [1.807, 2.05) is 40.6 Å². The van der Waals surface area contributed by atoms with Gasteiger partial charge in [0.05, 0.1) is 7.11 Å². The van der Waals surface area contributed by atoms with E-state index in [4.69, 9.17) is 10.5 Å². The van der Waals surface area contributed by atoms with Gasteiger partial charge in [-0.2, -0.15) is 0 Å². The molecule has 0 radical (unpaired) electrons. The fraction of sp³-hybridized carbons (Fsp3) is 0.312. The van der Waals surface area contributed by atoms with E-state index >= 15 is 0 Å². The number of methoxy groups -OCH3 is 1. The maximum atomic E-state index is 12.7. The minimum Gasteiger partial charge on any atom is -0.495 e. The number of thiophene rings is 1. The Kier molecular flexibility index (Phi) is 5.22. The lowest BCUT2D eigenvalue weighted by atomic mass is 10.2. The van der Waals surface area contributed by atoms with Gasteiger partial charge in [0.1, 0.15) is 10.6 Å². The molecule has 1 aromatic carbocycles. The Morgan fingerprint density at radius 1 is 1.38 bits per heavy atom. The van der Waals surface area contributed by atoms with E-state index in [0.29, 0.717) is 29.4 Å². The number of anilines is 1. The van der Waals surface area contributed by atoms with E-state index in [-0.39, 0.29) is 5.91 Å². The Hall–Kier alpha value is -2.01. The smallest absolute Gasteiger partial charge is 0.268 e. The summed E-state index contributed by atoms with van der Waals surface area (Å²) in [6.45, 7) is 3.32. The number of rotatable bonds is 6. The van der Waals surface area contributed by atoms with Gasteiger partial charge in [-0.25, -0.2) is 0 Å². The van der Waals surface area contributed by atoms with Crippen molar-refractivity contribution in [1.29, 1.82) is 0 Å². The molecule has 0 aliphatic rings. The number of ether oxygens (including phenoxy) is 1. The number of benzene rings is 1. The number of nitrogens with zero attached hydrogens (tertiary/aromatic N) is 1. The second-order valence-electron chi connectivity index (χ2n) is 4.79. The molecule has 0 aliphatic heterocycles. The number of carbonyl (C=O) groups excluding carboxylic acids is 1. The van der Waals surface area contributed by atoms with E-state index < -0.39 is 0 Å². The predicted molar refractivity (Wildman–Crippen MR) is 86.8 cm³/mol. The molecule has 2 rings (SSSR count).